The topological polar surface area (TPSA) is 67.4 Å². The lowest BCUT2D eigenvalue weighted by Crippen LogP contribution is -2.74. The van der Waals surface area contributed by atoms with E-state index in [1.165, 1.54) is 20.7 Å². The summed E-state index contributed by atoms with van der Waals surface area (Å²) < 4.78 is 2.28. The van der Waals surface area contributed by atoms with Crippen molar-refractivity contribution in [3.63, 3.8) is 0 Å². The maximum absolute atomic E-state index is 10.1. The van der Waals surface area contributed by atoms with Gasteiger partial charge in [-0.2, -0.15) is 5.26 Å². The monoisotopic (exact) mass is 833 g/mol. The molecule has 0 radical (unpaired) electrons. The minimum atomic E-state index is -2.89. The molecule has 0 bridgehead atoms. The van der Waals surface area contributed by atoms with Crippen molar-refractivity contribution in [3.8, 4) is 57.0 Å². The number of hydrogen-bond donors (Lipinski definition) is 0. The first-order valence-electron chi connectivity index (χ1n) is 21.4. The van der Waals surface area contributed by atoms with Crippen molar-refractivity contribution >= 4 is 50.6 Å². The highest BCUT2D eigenvalue weighted by Crippen LogP contribution is 2.38. The number of rotatable bonds is 9. The van der Waals surface area contributed by atoms with Crippen LogP contribution < -0.4 is 20.7 Å². The maximum atomic E-state index is 10.1. The van der Waals surface area contributed by atoms with Crippen LogP contribution in [0.15, 0.2) is 237 Å². The first-order valence-corrected chi connectivity index (χ1v) is 23.4. The molecule has 0 spiro atoms. The summed E-state index contributed by atoms with van der Waals surface area (Å²) in [6, 6.07) is 85.7. The molecule has 64 heavy (non-hydrogen) atoms. The maximum Gasteiger partial charge on any atom is 0.179 e. The zero-order chi connectivity index (χ0) is 42.9. The average molecular weight is 834 g/mol. The molecular formula is C58H39N5Si. The fraction of sp³-hybridized carbons (Fsp3) is 0. The second-order valence-electron chi connectivity index (χ2n) is 15.9. The van der Waals surface area contributed by atoms with Gasteiger partial charge in [-0.3, -0.25) is 0 Å². The first kappa shape index (κ1) is 38.4. The fourth-order valence-corrected chi connectivity index (χ4v) is 14.1. The van der Waals surface area contributed by atoms with Crippen molar-refractivity contribution in [2.24, 2.45) is 0 Å². The summed E-state index contributed by atoms with van der Waals surface area (Å²) in [5.41, 5.74) is 8.30. The predicted molar refractivity (Wildman–Crippen MR) is 264 cm³/mol. The third-order valence-electron chi connectivity index (χ3n) is 12.2. The Morgan fingerprint density at radius 2 is 0.844 bits per heavy atom. The van der Waals surface area contributed by atoms with E-state index >= 15 is 0 Å². The molecule has 300 valence electrons. The number of hydrogen-bond acceptors (Lipinski definition) is 4. The molecule has 0 aliphatic heterocycles. The molecule has 6 heteroatoms. The van der Waals surface area contributed by atoms with E-state index in [-0.39, 0.29) is 0 Å². The highest BCUT2D eigenvalue weighted by atomic mass is 28.3. The van der Waals surface area contributed by atoms with Crippen LogP contribution in [0, 0.1) is 11.3 Å². The molecule has 0 amide bonds. The van der Waals surface area contributed by atoms with Crippen LogP contribution in [0.3, 0.4) is 0 Å². The van der Waals surface area contributed by atoms with Gasteiger partial charge >= 0.3 is 0 Å². The third kappa shape index (κ3) is 6.69. The van der Waals surface area contributed by atoms with Gasteiger partial charge in [0.1, 0.15) is 0 Å². The molecule has 0 unspecified atom stereocenters. The smallest absolute Gasteiger partial charge is 0.179 e. The molecule has 9 aromatic carbocycles. The Balaban J connectivity index is 1.22. The fourth-order valence-electron chi connectivity index (χ4n) is 9.34. The van der Waals surface area contributed by atoms with Crippen molar-refractivity contribution < 1.29 is 0 Å². The number of benzene rings is 9. The average Bonchev–Trinajstić information content (AvgIpc) is 3.71. The number of nitriles is 1. The molecule has 0 aliphatic carbocycles. The molecule has 2 aromatic heterocycles. The van der Waals surface area contributed by atoms with Gasteiger partial charge in [0.05, 0.1) is 22.7 Å². The summed E-state index contributed by atoms with van der Waals surface area (Å²) in [5.74, 6) is 1.78. The summed E-state index contributed by atoms with van der Waals surface area (Å²) in [6.45, 7) is 0. The van der Waals surface area contributed by atoms with Crippen molar-refractivity contribution in [2.45, 2.75) is 0 Å². The van der Waals surface area contributed by atoms with E-state index in [4.69, 9.17) is 15.0 Å². The highest BCUT2D eigenvalue weighted by molar-refractivity contribution is 7.19. The quantitative estimate of drug-likeness (QED) is 0.107. The van der Waals surface area contributed by atoms with Crippen LogP contribution in [0.4, 0.5) is 0 Å². The van der Waals surface area contributed by atoms with Crippen molar-refractivity contribution in [1.82, 2.24) is 19.5 Å². The Hall–Kier alpha value is -8.50. The zero-order valence-corrected chi connectivity index (χ0v) is 35.8. The summed E-state index contributed by atoms with van der Waals surface area (Å²) in [5, 5.41) is 17.4. The summed E-state index contributed by atoms with van der Waals surface area (Å²) in [4.78, 5) is 15.6. The lowest BCUT2D eigenvalue weighted by Gasteiger charge is -2.34. The van der Waals surface area contributed by atoms with Crippen LogP contribution in [-0.2, 0) is 0 Å². The Morgan fingerprint density at radius 1 is 0.359 bits per heavy atom. The van der Waals surface area contributed by atoms with Crippen LogP contribution >= 0.6 is 0 Å². The van der Waals surface area contributed by atoms with E-state index < -0.39 is 8.07 Å². The summed E-state index contributed by atoms with van der Waals surface area (Å²) >= 11 is 0. The van der Waals surface area contributed by atoms with Crippen molar-refractivity contribution in [3.05, 3.63) is 242 Å². The van der Waals surface area contributed by atoms with E-state index in [1.54, 1.807) is 0 Å². The molecule has 0 N–H and O–H groups in total. The van der Waals surface area contributed by atoms with Crippen molar-refractivity contribution in [2.75, 3.05) is 0 Å². The molecule has 0 saturated carbocycles. The van der Waals surface area contributed by atoms with Gasteiger partial charge in [-0.05, 0) is 68.3 Å². The van der Waals surface area contributed by atoms with Crippen LogP contribution in [0.25, 0.3) is 72.8 Å². The highest BCUT2D eigenvalue weighted by Gasteiger charge is 2.41. The largest absolute Gasteiger partial charge is 0.309 e. The molecule has 5 nitrogen and oxygen atoms in total. The normalized spacial score (nSPS) is 11.4. The predicted octanol–water partition coefficient (Wildman–Crippen LogP) is 10.9. The van der Waals surface area contributed by atoms with Gasteiger partial charge in [-0.15, -0.1) is 0 Å². The Bertz CT molecular complexity index is 3340. The van der Waals surface area contributed by atoms with Gasteiger partial charge in [-0.25, -0.2) is 15.0 Å². The van der Waals surface area contributed by atoms with E-state index in [9.17, 15) is 5.26 Å². The number of para-hydroxylation sites is 1. The van der Waals surface area contributed by atoms with Gasteiger partial charge in [0, 0.05) is 33.2 Å². The Kier molecular flexibility index (Phi) is 9.85. The SMILES string of the molecule is N#Cc1ccc2c3ccccc3n(-c3ccc(-c4nc(-c5ccccc5)nc(-c5ccccc5)n4)c(-c4cccc([Si](c5ccccc5)(c5ccccc5)c5ccccc5)c4)c3)c2c1. The zero-order valence-electron chi connectivity index (χ0n) is 34.8. The first-order chi connectivity index (χ1) is 31.7. The van der Waals surface area contributed by atoms with E-state index in [1.807, 2.05) is 72.8 Å². The molecule has 11 aromatic rings. The van der Waals surface area contributed by atoms with Crippen molar-refractivity contribution in [1.29, 1.82) is 5.26 Å². The molecule has 0 fully saturated rings. The summed E-state index contributed by atoms with van der Waals surface area (Å²) in [7, 11) is -2.89. The van der Waals surface area contributed by atoms with Gasteiger partial charge < -0.3 is 4.57 Å². The summed E-state index contributed by atoms with van der Waals surface area (Å²) in [6.07, 6.45) is 0. The Morgan fingerprint density at radius 3 is 1.42 bits per heavy atom. The molecule has 0 atom stereocenters. The van der Waals surface area contributed by atoms with E-state index in [2.05, 4.69) is 174 Å². The minimum absolute atomic E-state index is 0.575. The molecule has 11 rings (SSSR count). The second-order valence-corrected chi connectivity index (χ2v) is 19.7. The van der Waals surface area contributed by atoms with Crippen LogP contribution in [0.5, 0.6) is 0 Å². The van der Waals surface area contributed by atoms with Gasteiger partial charge in [0.2, 0.25) is 0 Å². The van der Waals surface area contributed by atoms with E-state index in [0.29, 0.717) is 23.0 Å². The standard InChI is InChI=1S/C58H39N5Si/c59-40-41-33-35-51-50-31-16-17-32-54(50)63(55(51)37-41)45-34-36-52(58-61-56(42-19-6-1-7-20-42)60-57(62-58)43-21-8-2-9-22-43)53(39-45)44-23-18-30-49(38-44)64(46-24-10-3-11-25-46,47-26-12-4-13-27-47)48-28-14-5-15-29-48/h1-39H. The number of fused-ring (bicyclic) bond motifs is 3. The Labute approximate surface area is 372 Å². The second kappa shape index (κ2) is 16.4. The van der Waals surface area contributed by atoms with Crippen LogP contribution in [0.2, 0.25) is 0 Å². The number of nitrogens with zero attached hydrogens (tertiary/aromatic N) is 5. The molecular weight excluding hydrogens is 795 g/mol. The lowest BCUT2D eigenvalue weighted by molar-refractivity contribution is 1.07. The van der Waals surface area contributed by atoms with E-state index in [0.717, 1.165) is 55.3 Å². The molecule has 2 heterocycles. The van der Waals surface area contributed by atoms with Crippen LogP contribution in [-0.4, -0.2) is 27.6 Å². The van der Waals surface area contributed by atoms with Crippen LogP contribution in [0.1, 0.15) is 5.56 Å². The third-order valence-corrected chi connectivity index (χ3v) is 17.0. The molecule has 0 saturated heterocycles. The minimum Gasteiger partial charge on any atom is -0.309 e. The molecule has 0 aliphatic rings. The number of aromatic nitrogens is 4. The van der Waals surface area contributed by atoms with Gasteiger partial charge in [0.15, 0.2) is 25.5 Å². The lowest BCUT2D eigenvalue weighted by atomic mass is 9.98. The van der Waals surface area contributed by atoms with Gasteiger partial charge in [0.25, 0.3) is 0 Å². The van der Waals surface area contributed by atoms with Gasteiger partial charge in [-0.1, -0.05) is 200 Å².